The number of aryl methyl sites for hydroxylation is 4. The number of nitrogens with zero attached hydrogens (tertiary/aromatic N) is 3. The largest absolute Gasteiger partial charge is 0.489 e. The number of nitrogens with one attached hydrogen (secondary N) is 1. The van der Waals surface area contributed by atoms with Crippen LogP contribution in [0.3, 0.4) is 0 Å². The normalized spacial score (nSPS) is 10.2. The lowest BCUT2D eigenvalue weighted by Crippen LogP contribution is -2.26. The zero-order chi connectivity index (χ0) is 23.1. The summed E-state index contributed by atoms with van der Waals surface area (Å²) in [6.07, 6.45) is 0.528. The van der Waals surface area contributed by atoms with Crippen molar-refractivity contribution in [1.29, 1.82) is 0 Å². The minimum atomic E-state index is 0.477. The Bertz CT molecular complexity index is 1030. The molecule has 0 atom stereocenters. The molecule has 0 bridgehead atoms. The maximum atomic E-state index is 9.31. The molecule has 3 rings (SSSR count). The van der Waals surface area contributed by atoms with Gasteiger partial charge in [-0.3, -0.25) is 14.9 Å². The van der Waals surface area contributed by atoms with E-state index >= 15 is 0 Å². The van der Waals surface area contributed by atoms with Crippen molar-refractivity contribution in [2.75, 3.05) is 19.1 Å². The highest BCUT2D eigenvalue weighted by Gasteiger charge is 2.12. The lowest BCUT2D eigenvalue weighted by Gasteiger charge is -2.20. The topological polar surface area (TPSA) is 114 Å². The molecule has 1 amide bonds. The first-order chi connectivity index (χ1) is 14.6. The van der Waals surface area contributed by atoms with Gasteiger partial charge in [0.15, 0.2) is 0 Å². The molecule has 2 aromatic carbocycles. The van der Waals surface area contributed by atoms with Gasteiger partial charge in [0.05, 0.1) is 11.4 Å². The van der Waals surface area contributed by atoms with E-state index in [4.69, 9.17) is 16.4 Å². The second kappa shape index (κ2) is 10.6. The Morgan fingerprint density at radius 1 is 1.03 bits per heavy atom. The average Bonchev–Trinajstić information content (AvgIpc) is 3.15. The molecule has 0 aliphatic rings. The Balaban J connectivity index is 0.000000614. The van der Waals surface area contributed by atoms with Crippen LogP contribution >= 0.6 is 0 Å². The summed E-state index contributed by atoms with van der Waals surface area (Å²) in [6.45, 7) is 8.70. The van der Waals surface area contributed by atoms with Gasteiger partial charge in [0, 0.05) is 30.9 Å². The third kappa shape index (κ3) is 6.31. The maximum absolute atomic E-state index is 9.31. The fourth-order valence-electron chi connectivity index (χ4n) is 3.13. The Morgan fingerprint density at radius 3 is 2.26 bits per heavy atom. The number of carbonyl (C=O) groups is 1. The second-order valence-electron chi connectivity index (χ2n) is 7.61. The van der Waals surface area contributed by atoms with Gasteiger partial charge in [-0.1, -0.05) is 12.1 Å². The number of hydrogen-bond donors (Lipinski definition) is 3. The lowest BCUT2D eigenvalue weighted by atomic mass is 10.0. The van der Waals surface area contributed by atoms with Gasteiger partial charge in [-0.25, -0.2) is 11.7 Å². The van der Waals surface area contributed by atoms with E-state index in [1.54, 1.807) is 5.01 Å². The monoisotopic (exact) mass is 424 g/mol. The highest BCUT2D eigenvalue weighted by Crippen LogP contribution is 2.31. The zero-order valence-corrected chi connectivity index (χ0v) is 19.1. The van der Waals surface area contributed by atoms with Crippen molar-refractivity contribution < 1.29 is 9.53 Å². The summed E-state index contributed by atoms with van der Waals surface area (Å²) < 4.78 is 6.16. The molecule has 0 aliphatic heterocycles. The van der Waals surface area contributed by atoms with Gasteiger partial charge < -0.3 is 9.75 Å². The Morgan fingerprint density at radius 2 is 1.71 bits per heavy atom. The summed E-state index contributed by atoms with van der Waals surface area (Å²) in [5.41, 5.74) is 8.59. The van der Waals surface area contributed by atoms with Crippen LogP contribution in [0.5, 0.6) is 5.75 Å². The van der Waals surface area contributed by atoms with E-state index in [2.05, 4.69) is 55.2 Å². The minimum Gasteiger partial charge on any atom is -0.489 e. The predicted molar refractivity (Wildman–Crippen MR) is 124 cm³/mol. The number of carbonyl (C=O) groups excluding carboxylic acids is 1. The van der Waals surface area contributed by atoms with E-state index in [0.717, 1.165) is 55.7 Å². The van der Waals surface area contributed by atoms with Crippen molar-refractivity contribution in [3.63, 3.8) is 0 Å². The summed E-state index contributed by atoms with van der Waals surface area (Å²) in [5, 5.41) is 9.95. The molecular weight excluding hydrogens is 392 g/mol. The number of nitrogens with two attached hydrogens (primary N) is 2. The minimum absolute atomic E-state index is 0.477. The summed E-state index contributed by atoms with van der Waals surface area (Å²) >= 11 is 0. The fourth-order valence-corrected chi connectivity index (χ4v) is 3.13. The van der Waals surface area contributed by atoms with Crippen molar-refractivity contribution in [3.8, 4) is 17.0 Å². The van der Waals surface area contributed by atoms with Crippen LogP contribution in [0.4, 0.5) is 5.69 Å². The van der Waals surface area contributed by atoms with Crippen molar-refractivity contribution in [1.82, 2.24) is 15.2 Å². The van der Waals surface area contributed by atoms with E-state index in [-0.39, 0.29) is 0 Å². The Hall–Kier alpha value is -3.36. The predicted octanol–water partition coefficient (Wildman–Crippen LogP) is 3.15. The summed E-state index contributed by atoms with van der Waals surface area (Å²) in [6, 6.07) is 12.4. The summed E-state index contributed by atoms with van der Waals surface area (Å²) in [4.78, 5) is 9.31. The molecule has 0 spiro atoms. The lowest BCUT2D eigenvalue weighted by molar-refractivity contribution is -0.117. The SMILES string of the molecule is CN(N)C=O.Cc1cc(-c2cc(C)c(OCc3c(C)cccc3N(C)N)cc2C)n[nH]1. The smallest absolute Gasteiger partial charge is 0.223 e. The van der Waals surface area contributed by atoms with Gasteiger partial charge in [-0.15, -0.1) is 0 Å². The Labute approximate surface area is 183 Å². The molecule has 3 aromatic rings. The maximum Gasteiger partial charge on any atom is 0.223 e. The standard InChI is InChI=1S/C21H26N4O.C2H6N2O/c1-13-7-6-8-20(25(5)22)18(13)12-26-21-10-14(2)17(9-15(21)3)19-11-16(4)23-24-19;1-4(3)2-5/h6-11H,12,22H2,1-5H3,(H,23,24);2H,3H2,1H3. The van der Waals surface area contributed by atoms with Crippen LogP contribution in [0.1, 0.15) is 27.9 Å². The van der Waals surface area contributed by atoms with Crippen molar-refractivity contribution in [3.05, 3.63) is 64.3 Å². The second-order valence-corrected chi connectivity index (χ2v) is 7.61. The number of rotatable bonds is 6. The van der Waals surface area contributed by atoms with E-state index in [0.29, 0.717) is 13.0 Å². The van der Waals surface area contributed by atoms with Gasteiger partial charge in [-0.05, 0) is 68.7 Å². The molecule has 0 unspecified atom stereocenters. The van der Waals surface area contributed by atoms with Gasteiger partial charge in [0.25, 0.3) is 0 Å². The number of anilines is 1. The van der Waals surface area contributed by atoms with Crippen LogP contribution in [-0.4, -0.2) is 35.7 Å². The highest BCUT2D eigenvalue weighted by atomic mass is 16.5. The van der Waals surface area contributed by atoms with Crippen LogP contribution in [-0.2, 0) is 11.4 Å². The molecule has 0 saturated heterocycles. The number of hydrazine groups is 2. The Kier molecular flexibility index (Phi) is 8.18. The number of amides is 1. The molecule has 166 valence electrons. The molecule has 1 heterocycles. The number of benzene rings is 2. The summed E-state index contributed by atoms with van der Waals surface area (Å²) in [5.74, 6) is 11.6. The first kappa shape index (κ1) is 23.9. The van der Waals surface area contributed by atoms with E-state index in [9.17, 15) is 4.79 Å². The number of ether oxygens (including phenoxy) is 1. The number of hydrogen-bond acceptors (Lipinski definition) is 6. The molecule has 0 radical (unpaired) electrons. The molecule has 0 fully saturated rings. The third-order valence-corrected chi connectivity index (χ3v) is 4.81. The molecule has 31 heavy (non-hydrogen) atoms. The van der Waals surface area contributed by atoms with Crippen LogP contribution in [0, 0.1) is 27.7 Å². The molecule has 8 nitrogen and oxygen atoms in total. The van der Waals surface area contributed by atoms with Crippen LogP contribution in [0.25, 0.3) is 11.3 Å². The van der Waals surface area contributed by atoms with Crippen LogP contribution in [0.15, 0.2) is 36.4 Å². The van der Waals surface area contributed by atoms with Crippen molar-refractivity contribution in [2.45, 2.75) is 34.3 Å². The quantitative estimate of drug-likeness (QED) is 0.242. The van der Waals surface area contributed by atoms with Gasteiger partial charge in [-0.2, -0.15) is 5.10 Å². The number of aromatic nitrogens is 2. The molecule has 0 saturated carbocycles. The third-order valence-electron chi connectivity index (χ3n) is 4.81. The van der Waals surface area contributed by atoms with Crippen molar-refractivity contribution >= 4 is 12.1 Å². The molecule has 5 N–H and O–H groups in total. The molecule has 0 aliphatic carbocycles. The molecular formula is C23H32N6O2. The highest BCUT2D eigenvalue weighted by molar-refractivity contribution is 5.66. The summed E-state index contributed by atoms with van der Waals surface area (Å²) in [7, 11) is 3.31. The van der Waals surface area contributed by atoms with E-state index in [1.807, 2.05) is 26.1 Å². The van der Waals surface area contributed by atoms with Crippen LogP contribution in [0.2, 0.25) is 0 Å². The number of aromatic amines is 1. The fraction of sp³-hybridized carbons (Fsp3) is 0.304. The van der Waals surface area contributed by atoms with Crippen LogP contribution < -0.4 is 21.4 Å². The molecule has 8 heteroatoms. The first-order valence-corrected chi connectivity index (χ1v) is 9.90. The molecule has 1 aromatic heterocycles. The van der Waals surface area contributed by atoms with E-state index < -0.39 is 0 Å². The number of H-pyrrole nitrogens is 1. The van der Waals surface area contributed by atoms with Gasteiger partial charge in [0.2, 0.25) is 6.41 Å². The zero-order valence-electron chi connectivity index (χ0n) is 19.1. The van der Waals surface area contributed by atoms with Gasteiger partial charge >= 0.3 is 0 Å². The van der Waals surface area contributed by atoms with Crippen molar-refractivity contribution in [2.24, 2.45) is 11.7 Å². The first-order valence-electron chi connectivity index (χ1n) is 9.90. The average molecular weight is 425 g/mol. The van der Waals surface area contributed by atoms with Gasteiger partial charge in [0.1, 0.15) is 12.4 Å². The van der Waals surface area contributed by atoms with E-state index in [1.165, 1.54) is 7.05 Å².